The molecule has 78 valence electrons. The molecule has 2 heterocycles. The van der Waals surface area contributed by atoms with Crippen LogP contribution < -0.4 is 15.7 Å². The van der Waals surface area contributed by atoms with E-state index in [1.807, 2.05) is 0 Å². The van der Waals surface area contributed by atoms with E-state index >= 15 is 0 Å². The van der Waals surface area contributed by atoms with Crippen LogP contribution in [0, 0.1) is 6.92 Å². The quantitative estimate of drug-likeness (QED) is 0.793. The summed E-state index contributed by atoms with van der Waals surface area (Å²) in [5.41, 5.74) is -0.359. The maximum absolute atomic E-state index is 10.9. The van der Waals surface area contributed by atoms with Gasteiger partial charge in [-0.3, -0.25) is 0 Å². The second-order valence-corrected chi connectivity index (χ2v) is 3.12. The molecule has 1 aromatic rings. The monoisotopic (exact) mass is 217 g/mol. The molecule has 1 fully saturated rings. The first-order chi connectivity index (χ1) is 6.24. The summed E-state index contributed by atoms with van der Waals surface area (Å²) in [4.78, 5) is 10.9. The van der Waals surface area contributed by atoms with Gasteiger partial charge in [0.05, 0.1) is 6.07 Å². The summed E-state index contributed by atoms with van der Waals surface area (Å²) in [6, 6.07) is 3.09. The molecule has 1 saturated heterocycles. The minimum atomic E-state index is -0.359. The summed E-state index contributed by atoms with van der Waals surface area (Å²) in [5, 5.41) is 3.08. The highest BCUT2D eigenvalue weighted by atomic mass is 35.5. The van der Waals surface area contributed by atoms with E-state index in [1.54, 1.807) is 13.0 Å². The lowest BCUT2D eigenvalue weighted by molar-refractivity contribution is 0.141. The standard InChI is InChI=1S/C9H11NO3.ClH/c1-6-2-7(3-9(11)12-6)13-8-4-10-5-8;/h2-3,8,10H,4-5H2,1H3;1H. The van der Waals surface area contributed by atoms with Crippen molar-refractivity contribution in [3.63, 3.8) is 0 Å². The van der Waals surface area contributed by atoms with E-state index in [4.69, 9.17) is 9.15 Å². The van der Waals surface area contributed by atoms with E-state index in [-0.39, 0.29) is 24.1 Å². The Balaban J connectivity index is 0.000000980. The third-order valence-corrected chi connectivity index (χ3v) is 1.91. The predicted octanol–water partition coefficient (Wildman–Crippen LogP) is 0.721. The fourth-order valence-electron chi connectivity index (χ4n) is 1.18. The summed E-state index contributed by atoms with van der Waals surface area (Å²) in [6.45, 7) is 3.42. The van der Waals surface area contributed by atoms with E-state index in [0.29, 0.717) is 11.5 Å². The number of rotatable bonds is 2. The van der Waals surface area contributed by atoms with Crippen LogP contribution in [-0.4, -0.2) is 19.2 Å². The van der Waals surface area contributed by atoms with Crippen molar-refractivity contribution in [2.75, 3.05) is 13.1 Å². The number of halogens is 1. The van der Waals surface area contributed by atoms with Gasteiger partial charge in [-0.25, -0.2) is 4.79 Å². The van der Waals surface area contributed by atoms with E-state index in [0.717, 1.165) is 13.1 Å². The number of ether oxygens (including phenoxy) is 1. The molecule has 5 heteroatoms. The fourth-order valence-corrected chi connectivity index (χ4v) is 1.18. The first-order valence-corrected chi connectivity index (χ1v) is 4.23. The van der Waals surface area contributed by atoms with Crippen molar-refractivity contribution in [2.24, 2.45) is 0 Å². The fraction of sp³-hybridized carbons (Fsp3) is 0.444. The highest BCUT2D eigenvalue weighted by molar-refractivity contribution is 5.85. The second-order valence-electron chi connectivity index (χ2n) is 3.12. The summed E-state index contributed by atoms with van der Waals surface area (Å²) in [7, 11) is 0. The van der Waals surface area contributed by atoms with E-state index < -0.39 is 0 Å². The predicted molar refractivity (Wildman–Crippen MR) is 54.2 cm³/mol. The SMILES string of the molecule is Cc1cc(OC2CNC2)cc(=O)o1.Cl. The van der Waals surface area contributed by atoms with Crippen LogP contribution >= 0.6 is 12.4 Å². The first kappa shape index (κ1) is 11.1. The van der Waals surface area contributed by atoms with Gasteiger partial charge in [-0.1, -0.05) is 0 Å². The van der Waals surface area contributed by atoms with Crippen LogP contribution in [0.3, 0.4) is 0 Å². The number of nitrogens with one attached hydrogen (secondary N) is 1. The molecule has 0 saturated carbocycles. The second kappa shape index (κ2) is 4.48. The van der Waals surface area contributed by atoms with Gasteiger partial charge in [0.25, 0.3) is 0 Å². The van der Waals surface area contributed by atoms with Gasteiger partial charge in [0.2, 0.25) is 0 Å². The van der Waals surface area contributed by atoms with Gasteiger partial charge in [0.15, 0.2) is 0 Å². The van der Waals surface area contributed by atoms with E-state index in [1.165, 1.54) is 6.07 Å². The zero-order valence-electron chi connectivity index (χ0n) is 7.78. The molecular weight excluding hydrogens is 206 g/mol. The zero-order chi connectivity index (χ0) is 9.26. The lowest BCUT2D eigenvalue weighted by atomic mass is 10.2. The maximum Gasteiger partial charge on any atom is 0.339 e. The van der Waals surface area contributed by atoms with Crippen molar-refractivity contribution in [3.05, 3.63) is 28.3 Å². The maximum atomic E-state index is 10.9. The van der Waals surface area contributed by atoms with Crippen LogP contribution in [0.4, 0.5) is 0 Å². The van der Waals surface area contributed by atoms with Gasteiger partial charge in [-0.05, 0) is 6.92 Å². The lowest BCUT2D eigenvalue weighted by Gasteiger charge is -2.27. The average Bonchev–Trinajstić information content (AvgIpc) is 1.95. The number of hydrogen-bond acceptors (Lipinski definition) is 4. The van der Waals surface area contributed by atoms with Crippen LogP contribution in [0.5, 0.6) is 5.75 Å². The van der Waals surface area contributed by atoms with Crippen molar-refractivity contribution in [1.29, 1.82) is 0 Å². The Hall–Kier alpha value is -1.00. The Labute approximate surface area is 87.7 Å². The van der Waals surface area contributed by atoms with Crippen LogP contribution in [-0.2, 0) is 0 Å². The molecule has 14 heavy (non-hydrogen) atoms. The van der Waals surface area contributed by atoms with Gasteiger partial charge in [0, 0.05) is 19.2 Å². The average molecular weight is 218 g/mol. The number of aryl methyl sites for hydroxylation is 1. The van der Waals surface area contributed by atoms with Crippen LogP contribution in [0.15, 0.2) is 21.3 Å². The van der Waals surface area contributed by atoms with Crippen molar-refractivity contribution < 1.29 is 9.15 Å². The van der Waals surface area contributed by atoms with Crippen LogP contribution in [0.2, 0.25) is 0 Å². The van der Waals surface area contributed by atoms with Crippen molar-refractivity contribution in [2.45, 2.75) is 13.0 Å². The molecule has 0 amide bonds. The van der Waals surface area contributed by atoms with Crippen LogP contribution in [0.25, 0.3) is 0 Å². The third-order valence-electron chi connectivity index (χ3n) is 1.91. The molecule has 0 atom stereocenters. The molecule has 0 unspecified atom stereocenters. The van der Waals surface area contributed by atoms with Crippen molar-refractivity contribution in [1.82, 2.24) is 5.32 Å². The molecule has 0 aliphatic carbocycles. The Morgan fingerprint density at radius 1 is 1.50 bits per heavy atom. The summed E-state index contributed by atoms with van der Waals surface area (Å²) < 4.78 is 10.3. The Bertz CT molecular complexity index is 359. The lowest BCUT2D eigenvalue weighted by Crippen LogP contribution is -2.50. The molecule has 0 radical (unpaired) electrons. The molecule has 0 spiro atoms. The molecule has 2 rings (SSSR count). The zero-order valence-corrected chi connectivity index (χ0v) is 8.60. The van der Waals surface area contributed by atoms with E-state index in [2.05, 4.69) is 5.32 Å². The largest absolute Gasteiger partial charge is 0.487 e. The highest BCUT2D eigenvalue weighted by Gasteiger charge is 2.18. The van der Waals surface area contributed by atoms with Gasteiger partial charge >= 0.3 is 5.63 Å². The molecule has 1 N–H and O–H groups in total. The van der Waals surface area contributed by atoms with Gasteiger partial charge in [-0.15, -0.1) is 12.4 Å². The number of hydrogen-bond donors (Lipinski definition) is 1. The molecule has 0 bridgehead atoms. The Kier molecular flexibility index (Phi) is 3.55. The molecule has 1 aliphatic rings. The van der Waals surface area contributed by atoms with Crippen LogP contribution in [0.1, 0.15) is 5.76 Å². The topological polar surface area (TPSA) is 51.5 Å². The minimum Gasteiger partial charge on any atom is -0.487 e. The van der Waals surface area contributed by atoms with E-state index in [9.17, 15) is 4.79 Å². The summed E-state index contributed by atoms with van der Waals surface area (Å²) in [5.74, 6) is 1.18. The summed E-state index contributed by atoms with van der Waals surface area (Å²) >= 11 is 0. The first-order valence-electron chi connectivity index (χ1n) is 4.23. The summed E-state index contributed by atoms with van der Waals surface area (Å²) in [6.07, 6.45) is 0.196. The molecule has 4 nitrogen and oxygen atoms in total. The van der Waals surface area contributed by atoms with Gasteiger partial charge < -0.3 is 14.5 Å². The van der Waals surface area contributed by atoms with Crippen molar-refractivity contribution in [3.8, 4) is 5.75 Å². The smallest absolute Gasteiger partial charge is 0.339 e. The van der Waals surface area contributed by atoms with Gasteiger partial charge in [0.1, 0.15) is 17.6 Å². The molecule has 1 aliphatic heterocycles. The Morgan fingerprint density at radius 3 is 2.71 bits per heavy atom. The Morgan fingerprint density at radius 2 is 2.21 bits per heavy atom. The minimum absolute atomic E-state index is 0. The molecule has 1 aromatic heterocycles. The normalized spacial score (nSPS) is 15.5. The van der Waals surface area contributed by atoms with Gasteiger partial charge in [-0.2, -0.15) is 0 Å². The highest BCUT2D eigenvalue weighted by Crippen LogP contribution is 2.12. The molecule has 0 aromatic carbocycles. The molecular formula is C9H12ClNO3. The third kappa shape index (κ3) is 2.49. The van der Waals surface area contributed by atoms with Crippen molar-refractivity contribution >= 4 is 12.4 Å².